The first-order valence-corrected chi connectivity index (χ1v) is 8.06. The lowest BCUT2D eigenvalue weighted by Gasteiger charge is -2.30. The third-order valence-corrected chi connectivity index (χ3v) is 4.75. The Hall–Kier alpha value is -1.49. The maximum atomic E-state index is 13.6. The standard InChI is InChI=1S/C14H20FN3O2S/c1-10(2)7-14(3,9-17)18-21(19,20)13-6-4-5-12(15)11(13)8-16/h4-6,10,18H,7,9,17H2,1-3H3. The Kier molecular flexibility index (Phi) is 5.45. The average molecular weight is 313 g/mol. The zero-order valence-corrected chi connectivity index (χ0v) is 13.2. The van der Waals surface area contributed by atoms with Gasteiger partial charge in [0.05, 0.1) is 0 Å². The number of hydrogen-bond donors (Lipinski definition) is 2. The lowest BCUT2D eigenvalue weighted by Crippen LogP contribution is -2.52. The number of nitriles is 1. The van der Waals surface area contributed by atoms with E-state index in [4.69, 9.17) is 11.0 Å². The molecule has 0 saturated carbocycles. The minimum atomic E-state index is -4.03. The second-order valence-electron chi connectivity index (χ2n) is 5.69. The number of halogens is 1. The summed E-state index contributed by atoms with van der Waals surface area (Å²) in [6, 6.07) is 5.10. The van der Waals surface area contributed by atoms with E-state index >= 15 is 0 Å². The first-order chi connectivity index (χ1) is 9.65. The Morgan fingerprint density at radius 2 is 2.10 bits per heavy atom. The minimum Gasteiger partial charge on any atom is -0.329 e. The van der Waals surface area contributed by atoms with Crippen molar-refractivity contribution < 1.29 is 12.8 Å². The quantitative estimate of drug-likeness (QED) is 0.836. The van der Waals surface area contributed by atoms with Crippen LogP contribution in [0.1, 0.15) is 32.8 Å². The van der Waals surface area contributed by atoms with Gasteiger partial charge in [-0.25, -0.2) is 17.5 Å². The van der Waals surface area contributed by atoms with Gasteiger partial charge in [-0.3, -0.25) is 0 Å². The topological polar surface area (TPSA) is 96.0 Å². The first kappa shape index (κ1) is 17.6. The fourth-order valence-electron chi connectivity index (χ4n) is 2.28. The van der Waals surface area contributed by atoms with Crippen LogP contribution in [-0.4, -0.2) is 20.5 Å². The van der Waals surface area contributed by atoms with Crippen molar-refractivity contribution in [1.82, 2.24) is 4.72 Å². The van der Waals surface area contributed by atoms with E-state index in [2.05, 4.69) is 4.72 Å². The molecule has 0 radical (unpaired) electrons. The molecule has 0 bridgehead atoms. The van der Waals surface area contributed by atoms with Gasteiger partial charge in [0.1, 0.15) is 22.3 Å². The molecule has 5 nitrogen and oxygen atoms in total. The molecule has 0 aliphatic rings. The van der Waals surface area contributed by atoms with Gasteiger partial charge in [-0.05, 0) is 31.4 Å². The average Bonchev–Trinajstić information content (AvgIpc) is 2.36. The maximum Gasteiger partial charge on any atom is 0.242 e. The first-order valence-electron chi connectivity index (χ1n) is 6.58. The Morgan fingerprint density at radius 1 is 1.48 bits per heavy atom. The maximum absolute atomic E-state index is 13.6. The highest BCUT2D eigenvalue weighted by molar-refractivity contribution is 7.89. The number of hydrogen-bond acceptors (Lipinski definition) is 4. The molecule has 1 aromatic carbocycles. The van der Waals surface area contributed by atoms with E-state index in [9.17, 15) is 12.8 Å². The summed E-state index contributed by atoms with van der Waals surface area (Å²) in [7, 11) is -4.03. The number of sulfonamides is 1. The van der Waals surface area contributed by atoms with Crippen LogP contribution in [-0.2, 0) is 10.0 Å². The predicted molar refractivity (Wildman–Crippen MR) is 78.4 cm³/mol. The van der Waals surface area contributed by atoms with Crippen molar-refractivity contribution in [2.24, 2.45) is 11.7 Å². The van der Waals surface area contributed by atoms with Gasteiger partial charge >= 0.3 is 0 Å². The monoisotopic (exact) mass is 313 g/mol. The van der Waals surface area contributed by atoms with Crippen LogP contribution < -0.4 is 10.5 Å². The minimum absolute atomic E-state index is 0.0988. The van der Waals surface area contributed by atoms with Gasteiger partial charge in [-0.15, -0.1) is 0 Å². The van der Waals surface area contributed by atoms with Gasteiger partial charge in [-0.1, -0.05) is 19.9 Å². The summed E-state index contributed by atoms with van der Waals surface area (Å²) in [4.78, 5) is -0.367. The van der Waals surface area contributed by atoms with Crippen LogP contribution in [0.25, 0.3) is 0 Å². The molecule has 0 saturated heterocycles. The molecule has 7 heteroatoms. The Morgan fingerprint density at radius 3 is 2.57 bits per heavy atom. The second-order valence-corrected chi connectivity index (χ2v) is 7.34. The smallest absolute Gasteiger partial charge is 0.242 e. The van der Waals surface area contributed by atoms with E-state index in [0.29, 0.717) is 6.42 Å². The summed E-state index contributed by atoms with van der Waals surface area (Å²) in [5.74, 6) is -0.636. The van der Waals surface area contributed by atoms with Crippen molar-refractivity contribution in [1.29, 1.82) is 5.26 Å². The zero-order valence-electron chi connectivity index (χ0n) is 12.4. The summed E-state index contributed by atoms with van der Waals surface area (Å²) < 4.78 is 40.9. The van der Waals surface area contributed by atoms with Crippen molar-refractivity contribution in [3.8, 4) is 6.07 Å². The number of nitrogens with two attached hydrogens (primary N) is 1. The lowest BCUT2D eigenvalue weighted by atomic mass is 9.92. The van der Waals surface area contributed by atoms with Gasteiger partial charge in [-0.2, -0.15) is 5.26 Å². The van der Waals surface area contributed by atoms with E-state index in [1.807, 2.05) is 13.8 Å². The molecule has 0 heterocycles. The molecule has 1 atom stereocenters. The highest BCUT2D eigenvalue weighted by Gasteiger charge is 2.32. The van der Waals surface area contributed by atoms with Crippen LogP contribution in [0.2, 0.25) is 0 Å². The zero-order chi connectivity index (χ0) is 16.3. The van der Waals surface area contributed by atoms with Gasteiger partial charge in [0.25, 0.3) is 0 Å². The SMILES string of the molecule is CC(C)CC(C)(CN)NS(=O)(=O)c1cccc(F)c1C#N. The Balaban J connectivity index is 3.24. The fourth-order valence-corrected chi connectivity index (χ4v) is 3.88. The van der Waals surface area contributed by atoms with Crippen LogP contribution in [0, 0.1) is 23.1 Å². The fraction of sp³-hybridized carbons (Fsp3) is 0.500. The summed E-state index contributed by atoms with van der Waals surface area (Å²) >= 11 is 0. The third kappa shape index (κ3) is 4.24. The summed E-state index contributed by atoms with van der Waals surface area (Å²) in [5, 5.41) is 8.96. The summed E-state index contributed by atoms with van der Waals surface area (Å²) in [5.41, 5.74) is 4.33. The summed E-state index contributed by atoms with van der Waals surface area (Å²) in [6.45, 7) is 5.69. The molecule has 0 aliphatic carbocycles. The van der Waals surface area contributed by atoms with Gasteiger partial charge in [0.15, 0.2) is 0 Å². The molecule has 116 valence electrons. The molecule has 0 spiro atoms. The van der Waals surface area contributed by atoms with Crippen molar-refractivity contribution in [2.75, 3.05) is 6.54 Å². The van der Waals surface area contributed by atoms with E-state index < -0.39 is 26.9 Å². The number of nitrogens with zero attached hydrogens (tertiary/aromatic N) is 1. The normalized spacial score (nSPS) is 14.7. The second kappa shape index (κ2) is 6.52. The predicted octanol–water partition coefficient (Wildman–Crippen LogP) is 1.74. The van der Waals surface area contributed by atoms with Crippen LogP contribution >= 0.6 is 0 Å². The number of nitrogens with one attached hydrogen (secondary N) is 1. The Labute approximate surface area is 125 Å². The van der Waals surface area contributed by atoms with E-state index in [0.717, 1.165) is 6.07 Å². The molecule has 21 heavy (non-hydrogen) atoms. The van der Waals surface area contributed by atoms with E-state index in [-0.39, 0.29) is 17.4 Å². The van der Waals surface area contributed by atoms with Gasteiger partial charge in [0.2, 0.25) is 10.0 Å². The highest BCUT2D eigenvalue weighted by Crippen LogP contribution is 2.22. The molecular weight excluding hydrogens is 293 g/mol. The molecule has 3 N–H and O–H groups in total. The molecule has 0 fully saturated rings. The van der Waals surface area contributed by atoms with Crippen LogP contribution in [0.15, 0.2) is 23.1 Å². The van der Waals surface area contributed by atoms with Gasteiger partial charge in [0, 0.05) is 12.1 Å². The number of benzene rings is 1. The third-order valence-electron chi connectivity index (χ3n) is 3.07. The molecule has 0 amide bonds. The summed E-state index contributed by atoms with van der Waals surface area (Å²) in [6.07, 6.45) is 0.528. The number of rotatable bonds is 6. The van der Waals surface area contributed by atoms with Crippen molar-refractivity contribution in [3.05, 3.63) is 29.6 Å². The van der Waals surface area contributed by atoms with Crippen LogP contribution in [0.4, 0.5) is 4.39 Å². The molecule has 1 aromatic rings. The van der Waals surface area contributed by atoms with Gasteiger partial charge < -0.3 is 5.73 Å². The van der Waals surface area contributed by atoms with Crippen molar-refractivity contribution in [3.63, 3.8) is 0 Å². The van der Waals surface area contributed by atoms with Crippen LogP contribution in [0.3, 0.4) is 0 Å². The van der Waals surface area contributed by atoms with E-state index in [1.54, 1.807) is 13.0 Å². The Bertz CT molecular complexity index is 653. The molecule has 0 aliphatic heterocycles. The molecule has 1 rings (SSSR count). The molecular formula is C14H20FN3O2S. The molecule has 0 aromatic heterocycles. The largest absolute Gasteiger partial charge is 0.329 e. The van der Waals surface area contributed by atoms with Crippen molar-refractivity contribution >= 4 is 10.0 Å². The van der Waals surface area contributed by atoms with Crippen LogP contribution in [0.5, 0.6) is 0 Å². The van der Waals surface area contributed by atoms with E-state index in [1.165, 1.54) is 12.1 Å². The highest BCUT2D eigenvalue weighted by atomic mass is 32.2. The lowest BCUT2D eigenvalue weighted by molar-refractivity contribution is 0.344. The van der Waals surface area contributed by atoms with Crippen molar-refractivity contribution in [2.45, 2.75) is 37.6 Å². The molecule has 1 unspecified atom stereocenters.